The first-order chi connectivity index (χ1) is 7.69. The third-order valence-corrected chi connectivity index (χ3v) is 4.33. The monoisotopic (exact) mass is 240 g/mol. The maximum absolute atomic E-state index is 9.82. The molecule has 0 bridgehead atoms. The van der Waals surface area contributed by atoms with E-state index in [0.29, 0.717) is 5.92 Å². The first kappa shape index (κ1) is 12.0. The molecule has 1 aliphatic heterocycles. The summed E-state index contributed by atoms with van der Waals surface area (Å²) >= 11 is 1.74. The van der Waals surface area contributed by atoms with Crippen LogP contribution < -0.4 is 0 Å². The maximum atomic E-state index is 9.82. The molecule has 0 spiro atoms. The lowest BCUT2D eigenvalue weighted by atomic mass is 9.96. The highest BCUT2D eigenvalue weighted by molar-refractivity contribution is 7.09. The van der Waals surface area contributed by atoms with Gasteiger partial charge in [-0.25, -0.2) is 4.98 Å². The van der Waals surface area contributed by atoms with Crippen molar-refractivity contribution in [1.82, 2.24) is 9.88 Å². The largest absolute Gasteiger partial charge is 0.392 e. The van der Waals surface area contributed by atoms with Crippen LogP contribution in [-0.2, 0) is 13.0 Å². The molecule has 0 aromatic carbocycles. The molecule has 1 saturated heterocycles. The molecule has 1 aromatic rings. The molecule has 2 heterocycles. The fourth-order valence-corrected chi connectivity index (χ4v) is 2.81. The lowest BCUT2D eigenvalue weighted by Gasteiger charge is -2.33. The van der Waals surface area contributed by atoms with Gasteiger partial charge in [-0.05, 0) is 25.3 Å². The van der Waals surface area contributed by atoms with E-state index < -0.39 is 0 Å². The minimum atomic E-state index is -0.168. The molecule has 0 aliphatic carbocycles. The predicted molar refractivity (Wildman–Crippen MR) is 66.6 cm³/mol. The zero-order valence-corrected chi connectivity index (χ0v) is 10.8. The second kappa shape index (κ2) is 5.25. The molecular formula is C12H20N2OS. The Morgan fingerprint density at radius 3 is 3.06 bits per heavy atom. The molecule has 4 heteroatoms. The summed E-state index contributed by atoms with van der Waals surface area (Å²) in [5.41, 5.74) is 1.16. The van der Waals surface area contributed by atoms with E-state index in [1.165, 1.54) is 5.01 Å². The van der Waals surface area contributed by atoms with E-state index in [2.05, 4.69) is 29.1 Å². The number of piperidine rings is 1. The second-order valence-electron chi connectivity index (χ2n) is 4.65. The summed E-state index contributed by atoms with van der Waals surface area (Å²) in [6, 6.07) is 0. The van der Waals surface area contributed by atoms with Gasteiger partial charge in [-0.15, -0.1) is 11.3 Å². The lowest BCUT2D eigenvalue weighted by Crippen LogP contribution is -2.42. The number of aliphatic hydroxyl groups is 1. The Kier molecular flexibility index (Phi) is 3.95. The SMILES string of the molecule is CCc1nc(CN2CCC(C)C(O)C2)cs1. The zero-order chi connectivity index (χ0) is 11.5. The van der Waals surface area contributed by atoms with Gasteiger partial charge in [0.1, 0.15) is 0 Å². The molecule has 1 N–H and O–H groups in total. The van der Waals surface area contributed by atoms with Crippen LogP contribution in [0.3, 0.4) is 0 Å². The molecule has 0 radical (unpaired) electrons. The van der Waals surface area contributed by atoms with Gasteiger partial charge >= 0.3 is 0 Å². The highest BCUT2D eigenvalue weighted by Crippen LogP contribution is 2.19. The van der Waals surface area contributed by atoms with Gasteiger partial charge in [-0.3, -0.25) is 4.90 Å². The quantitative estimate of drug-likeness (QED) is 0.877. The Balaban J connectivity index is 1.90. The lowest BCUT2D eigenvalue weighted by molar-refractivity contribution is 0.0255. The molecule has 3 nitrogen and oxygen atoms in total. The average Bonchev–Trinajstić information content (AvgIpc) is 2.71. The van der Waals surface area contributed by atoms with E-state index >= 15 is 0 Å². The van der Waals surface area contributed by atoms with Crippen molar-refractivity contribution in [1.29, 1.82) is 0 Å². The Hall–Kier alpha value is -0.450. The Morgan fingerprint density at radius 2 is 2.44 bits per heavy atom. The van der Waals surface area contributed by atoms with Crippen LogP contribution in [0, 0.1) is 5.92 Å². The summed E-state index contributed by atoms with van der Waals surface area (Å²) in [7, 11) is 0. The van der Waals surface area contributed by atoms with Gasteiger partial charge < -0.3 is 5.11 Å². The Morgan fingerprint density at radius 1 is 1.62 bits per heavy atom. The number of aliphatic hydroxyl groups excluding tert-OH is 1. The van der Waals surface area contributed by atoms with Crippen molar-refractivity contribution in [2.45, 2.75) is 39.3 Å². The van der Waals surface area contributed by atoms with Crippen molar-refractivity contribution in [3.8, 4) is 0 Å². The number of hydrogen-bond donors (Lipinski definition) is 1. The number of thiazole rings is 1. The highest BCUT2D eigenvalue weighted by atomic mass is 32.1. The van der Waals surface area contributed by atoms with E-state index in [1.54, 1.807) is 11.3 Å². The van der Waals surface area contributed by atoms with Crippen molar-refractivity contribution in [3.05, 3.63) is 16.1 Å². The van der Waals surface area contributed by atoms with E-state index in [-0.39, 0.29) is 6.10 Å². The zero-order valence-electron chi connectivity index (χ0n) is 10.0. The van der Waals surface area contributed by atoms with Gasteiger partial charge in [0.15, 0.2) is 0 Å². The van der Waals surface area contributed by atoms with Crippen molar-refractivity contribution in [2.75, 3.05) is 13.1 Å². The molecule has 1 aromatic heterocycles. The van der Waals surface area contributed by atoms with E-state index in [4.69, 9.17) is 0 Å². The van der Waals surface area contributed by atoms with Crippen LogP contribution in [0.2, 0.25) is 0 Å². The Bertz CT molecular complexity index is 340. The van der Waals surface area contributed by atoms with Crippen LogP contribution in [-0.4, -0.2) is 34.2 Å². The van der Waals surface area contributed by atoms with E-state index in [9.17, 15) is 5.11 Å². The number of hydrogen-bond acceptors (Lipinski definition) is 4. The normalized spacial score (nSPS) is 27.2. The summed E-state index contributed by atoms with van der Waals surface area (Å²) in [6.45, 7) is 7.02. The number of rotatable bonds is 3. The number of β-amino-alcohol motifs (C(OH)–C–C–N with tert-alkyl or cyclic N) is 1. The molecule has 16 heavy (non-hydrogen) atoms. The molecule has 2 unspecified atom stereocenters. The van der Waals surface area contributed by atoms with Crippen molar-refractivity contribution >= 4 is 11.3 Å². The summed E-state index contributed by atoms with van der Waals surface area (Å²) in [5, 5.41) is 13.2. The molecule has 0 amide bonds. The minimum Gasteiger partial charge on any atom is -0.392 e. The van der Waals surface area contributed by atoms with Gasteiger partial charge in [0, 0.05) is 18.5 Å². The van der Waals surface area contributed by atoms with Crippen LogP contribution in [0.1, 0.15) is 31.0 Å². The summed E-state index contributed by atoms with van der Waals surface area (Å²) < 4.78 is 0. The van der Waals surface area contributed by atoms with Gasteiger partial charge in [-0.1, -0.05) is 13.8 Å². The molecule has 90 valence electrons. The third kappa shape index (κ3) is 2.81. The number of likely N-dealkylation sites (tertiary alicyclic amines) is 1. The summed E-state index contributed by atoms with van der Waals surface area (Å²) in [4.78, 5) is 6.87. The first-order valence-electron chi connectivity index (χ1n) is 6.02. The summed E-state index contributed by atoms with van der Waals surface area (Å²) in [5.74, 6) is 0.442. The van der Waals surface area contributed by atoms with Gasteiger partial charge in [-0.2, -0.15) is 0 Å². The van der Waals surface area contributed by atoms with Gasteiger partial charge in [0.05, 0.1) is 16.8 Å². The predicted octanol–water partition coefficient (Wildman–Crippen LogP) is 1.91. The van der Waals surface area contributed by atoms with Crippen LogP contribution >= 0.6 is 11.3 Å². The van der Waals surface area contributed by atoms with Crippen LogP contribution in [0.5, 0.6) is 0 Å². The number of aromatic nitrogens is 1. The molecule has 1 fully saturated rings. The Labute approximate surface area is 101 Å². The van der Waals surface area contributed by atoms with Gasteiger partial charge in [0.2, 0.25) is 0 Å². The summed E-state index contributed by atoms with van der Waals surface area (Å²) in [6.07, 6.45) is 1.94. The molecular weight excluding hydrogens is 220 g/mol. The molecule has 2 rings (SSSR count). The van der Waals surface area contributed by atoms with Crippen LogP contribution in [0.4, 0.5) is 0 Å². The molecule has 1 aliphatic rings. The van der Waals surface area contributed by atoms with Crippen molar-refractivity contribution in [2.24, 2.45) is 5.92 Å². The van der Waals surface area contributed by atoms with E-state index in [0.717, 1.165) is 38.2 Å². The standard InChI is InChI=1S/C12H20N2OS/c1-3-12-13-10(8-16-12)6-14-5-4-9(2)11(15)7-14/h8-9,11,15H,3-7H2,1-2H3. The van der Waals surface area contributed by atoms with Crippen LogP contribution in [0.15, 0.2) is 5.38 Å². The minimum absolute atomic E-state index is 0.168. The smallest absolute Gasteiger partial charge is 0.0926 e. The van der Waals surface area contributed by atoms with Gasteiger partial charge in [0.25, 0.3) is 0 Å². The second-order valence-corrected chi connectivity index (χ2v) is 5.60. The van der Waals surface area contributed by atoms with Crippen molar-refractivity contribution in [3.63, 3.8) is 0 Å². The number of aryl methyl sites for hydroxylation is 1. The van der Waals surface area contributed by atoms with Crippen LogP contribution in [0.25, 0.3) is 0 Å². The number of nitrogens with zero attached hydrogens (tertiary/aromatic N) is 2. The fraction of sp³-hybridized carbons (Fsp3) is 0.750. The van der Waals surface area contributed by atoms with Crippen molar-refractivity contribution < 1.29 is 5.11 Å². The average molecular weight is 240 g/mol. The maximum Gasteiger partial charge on any atom is 0.0926 e. The highest BCUT2D eigenvalue weighted by Gasteiger charge is 2.24. The fourth-order valence-electron chi connectivity index (χ4n) is 2.07. The molecule has 2 atom stereocenters. The van der Waals surface area contributed by atoms with E-state index in [1.807, 2.05) is 0 Å². The first-order valence-corrected chi connectivity index (χ1v) is 6.90. The topological polar surface area (TPSA) is 36.4 Å². The molecule has 0 saturated carbocycles. The third-order valence-electron chi connectivity index (χ3n) is 3.29.